The lowest BCUT2D eigenvalue weighted by Gasteiger charge is -2.11. The predicted molar refractivity (Wildman–Crippen MR) is 168 cm³/mol. The van der Waals surface area contributed by atoms with Gasteiger partial charge in [-0.15, -0.1) is 11.6 Å². The zero-order valence-electron chi connectivity index (χ0n) is 25.4. The molecule has 1 atom stereocenters. The van der Waals surface area contributed by atoms with Crippen LogP contribution < -0.4 is 5.32 Å². The van der Waals surface area contributed by atoms with Gasteiger partial charge in [0.15, 0.2) is 0 Å². The fraction of sp³-hybridized carbons (Fsp3) is 1.00. The average Bonchev–Trinajstić information content (AvgIpc) is 2.88. The van der Waals surface area contributed by atoms with Crippen LogP contribution in [0.4, 0.5) is 0 Å². The Kier molecular flexibility index (Phi) is 33.5. The zero-order chi connectivity index (χ0) is 26.2. The van der Waals surface area contributed by atoms with E-state index in [1.165, 1.54) is 186 Å². The zero-order valence-corrected chi connectivity index (χ0v) is 26.1. The summed E-state index contributed by atoms with van der Waals surface area (Å²) in [6, 6.07) is 0. The normalized spacial score (nSPS) is 12.4. The Labute approximate surface area is 235 Å². The Bertz CT molecular complexity index is 338. The summed E-state index contributed by atoms with van der Waals surface area (Å²) in [5.74, 6) is 0. The molecule has 0 aliphatic heterocycles. The van der Waals surface area contributed by atoms with Gasteiger partial charge in [-0.3, -0.25) is 0 Å². The van der Waals surface area contributed by atoms with E-state index in [0.717, 1.165) is 13.0 Å². The van der Waals surface area contributed by atoms with Gasteiger partial charge in [-0.05, 0) is 19.4 Å². The van der Waals surface area contributed by atoms with Gasteiger partial charge in [-0.25, -0.2) is 0 Å². The first-order chi connectivity index (χ1) is 17.8. The molecule has 1 N–H and O–H groups in total. The highest BCUT2D eigenvalue weighted by Gasteiger charge is 2.03. The number of rotatable bonds is 32. The molecule has 0 spiro atoms. The summed E-state index contributed by atoms with van der Waals surface area (Å²) in [5, 5.41) is 3.54. The van der Waals surface area contributed by atoms with Crippen LogP contribution in [0.5, 0.6) is 0 Å². The summed E-state index contributed by atoms with van der Waals surface area (Å²) in [5.41, 5.74) is 0.189. The summed E-state index contributed by atoms with van der Waals surface area (Å²) in [6.07, 6.45) is 42.5. The Hall–Kier alpha value is 0.250. The molecule has 0 heterocycles. The fourth-order valence-corrected chi connectivity index (χ4v) is 5.64. The SMILES string of the molecule is CCCCCCCCCCCCCCCCCC(Cl)NCCCCCCCCCCCCCCCC. The van der Waals surface area contributed by atoms with Gasteiger partial charge in [0.1, 0.15) is 0 Å². The van der Waals surface area contributed by atoms with Crippen LogP contribution in [0.15, 0.2) is 0 Å². The molecule has 0 saturated heterocycles. The molecule has 0 aromatic heterocycles. The van der Waals surface area contributed by atoms with Crippen molar-refractivity contribution in [2.75, 3.05) is 6.54 Å². The third-order valence-corrected chi connectivity index (χ3v) is 8.33. The first-order valence-corrected chi connectivity index (χ1v) is 17.6. The molecule has 0 aliphatic rings. The quantitative estimate of drug-likeness (QED) is 0.0520. The van der Waals surface area contributed by atoms with Gasteiger partial charge in [0.2, 0.25) is 0 Å². The van der Waals surface area contributed by atoms with Crippen molar-refractivity contribution in [3.63, 3.8) is 0 Å². The van der Waals surface area contributed by atoms with Crippen molar-refractivity contribution in [2.24, 2.45) is 0 Å². The highest BCUT2D eigenvalue weighted by atomic mass is 35.5. The molecule has 1 unspecified atom stereocenters. The smallest absolute Gasteiger partial charge is 0.0825 e. The number of hydrogen-bond donors (Lipinski definition) is 1. The molecule has 1 nitrogen and oxygen atoms in total. The van der Waals surface area contributed by atoms with Gasteiger partial charge in [0, 0.05) is 0 Å². The Morgan fingerprint density at radius 2 is 0.611 bits per heavy atom. The third-order valence-electron chi connectivity index (χ3n) is 7.96. The summed E-state index contributed by atoms with van der Waals surface area (Å²) in [6.45, 7) is 5.70. The van der Waals surface area contributed by atoms with Crippen molar-refractivity contribution in [3.8, 4) is 0 Å². The van der Waals surface area contributed by atoms with Crippen molar-refractivity contribution < 1.29 is 0 Å². The standard InChI is InChI=1S/C34H70ClN/c1-3-5-7-9-11-13-15-17-19-20-22-24-26-28-30-32-34(35)36-33-31-29-27-25-23-21-18-16-14-12-10-8-6-4-2/h34,36H,3-33H2,1-2H3. The molecule has 0 amide bonds. The lowest BCUT2D eigenvalue weighted by atomic mass is 10.0. The molecular weight excluding hydrogens is 458 g/mol. The number of alkyl halides is 1. The van der Waals surface area contributed by atoms with Crippen LogP contribution in [0.1, 0.15) is 206 Å². The summed E-state index contributed by atoms with van der Waals surface area (Å²) in [7, 11) is 0. The van der Waals surface area contributed by atoms with Crippen LogP contribution in [0, 0.1) is 0 Å². The Morgan fingerprint density at radius 3 is 0.917 bits per heavy atom. The molecule has 0 aromatic rings. The van der Waals surface area contributed by atoms with Crippen LogP contribution in [-0.4, -0.2) is 12.0 Å². The average molecular weight is 528 g/mol. The minimum atomic E-state index is 0.189. The summed E-state index contributed by atoms with van der Waals surface area (Å²) < 4.78 is 0. The monoisotopic (exact) mass is 528 g/mol. The van der Waals surface area contributed by atoms with Crippen molar-refractivity contribution >= 4 is 11.6 Å². The van der Waals surface area contributed by atoms with Crippen molar-refractivity contribution in [2.45, 2.75) is 212 Å². The second-order valence-electron chi connectivity index (χ2n) is 11.8. The highest BCUT2D eigenvalue weighted by Crippen LogP contribution is 2.15. The van der Waals surface area contributed by atoms with Gasteiger partial charge in [-0.1, -0.05) is 194 Å². The van der Waals surface area contributed by atoms with Crippen LogP contribution >= 0.6 is 11.6 Å². The highest BCUT2D eigenvalue weighted by molar-refractivity contribution is 6.20. The van der Waals surface area contributed by atoms with Gasteiger partial charge in [0.05, 0.1) is 5.50 Å². The minimum Gasteiger partial charge on any atom is -0.301 e. The first-order valence-electron chi connectivity index (χ1n) is 17.2. The number of hydrogen-bond acceptors (Lipinski definition) is 1. The van der Waals surface area contributed by atoms with Crippen LogP contribution in [0.25, 0.3) is 0 Å². The van der Waals surface area contributed by atoms with E-state index in [9.17, 15) is 0 Å². The molecule has 0 rings (SSSR count). The molecule has 0 fully saturated rings. The van der Waals surface area contributed by atoms with Crippen molar-refractivity contribution in [3.05, 3.63) is 0 Å². The molecule has 36 heavy (non-hydrogen) atoms. The maximum Gasteiger partial charge on any atom is 0.0825 e. The van der Waals surface area contributed by atoms with E-state index in [4.69, 9.17) is 11.6 Å². The van der Waals surface area contributed by atoms with E-state index in [1.54, 1.807) is 0 Å². The molecule has 0 saturated carbocycles. The third kappa shape index (κ3) is 32.3. The van der Waals surface area contributed by atoms with Gasteiger partial charge < -0.3 is 5.32 Å². The van der Waals surface area contributed by atoms with Gasteiger partial charge in [0.25, 0.3) is 0 Å². The maximum atomic E-state index is 6.49. The lowest BCUT2D eigenvalue weighted by Crippen LogP contribution is -2.24. The predicted octanol–water partition coefficient (Wildman–Crippen LogP) is 12.9. The second kappa shape index (κ2) is 33.3. The maximum absolute atomic E-state index is 6.49. The Morgan fingerprint density at radius 1 is 0.361 bits per heavy atom. The number of unbranched alkanes of at least 4 members (excludes halogenated alkanes) is 27. The first kappa shape index (κ1) is 36.2. The molecule has 0 radical (unpaired) electrons. The van der Waals surface area contributed by atoms with E-state index in [2.05, 4.69) is 19.2 Å². The van der Waals surface area contributed by atoms with Crippen molar-refractivity contribution in [1.29, 1.82) is 0 Å². The van der Waals surface area contributed by atoms with E-state index in [0.29, 0.717) is 0 Å². The number of halogens is 1. The topological polar surface area (TPSA) is 12.0 Å². The van der Waals surface area contributed by atoms with E-state index < -0.39 is 0 Å². The van der Waals surface area contributed by atoms with Crippen LogP contribution in [-0.2, 0) is 0 Å². The molecule has 0 bridgehead atoms. The molecule has 218 valence electrons. The van der Waals surface area contributed by atoms with E-state index in [-0.39, 0.29) is 5.50 Å². The van der Waals surface area contributed by atoms with Crippen LogP contribution in [0.3, 0.4) is 0 Å². The fourth-order valence-electron chi connectivity index (χ4n) is 5.38. The lowest BCUT2D eigenvalue weighted by molar-refractivity contribution is 0.504. The molecule has 0 aliphatic carbocycles. The molecule has 2 heteroatoms. The summed E-state index contributed by atoms with van der Waals surface area (Å²) in [4.78, 5) is 0. The second-order valence-corrected chi connectivity index (χ2v) is 12.3. The Balaban J connectivity index is 3.13. The molecular formula is C34H70ClN. The largest absolute Gasteiger partial charge is 0.301 e. The van der Waals surface area contributed by atoms with Gasteiger partial charge in [-0.2, -0.15) is 0 Å². The summed E-state index contributed by atoms with van der Waals surface area (Å²) >= 11 is 6.49. The van der Waals surface area contributed by atoms with E-state index in [1.807, 2.05) is 0 Å². The van der Waals surface area contributed by atoms with E-state index >= 15 is 0 Å². The van der Waals surface area contributed by atoms with Gasteiger partial charge >= 0.3 is 0 Å². The van der Waals surface area contributed by atoms with Crippen molar-refractivity contribution in [1.82, 2.24) is 5.32 Å². The van der Waals surface area contributed by atoms with Crippen LogP contribution in [0.2, 0.25) is 0 Å². The minimum absolute atomic E-state index is 0.189. The molecule has 0 aromatic carbocycles. The number of nitrogens with one attached hydrogen (secondary N) is 1.